The van der Waals surface area contributed by atoms with Crippen molar-refractivity contribution in [2.45, 2.75) is 6.61 Å². The highest BCUT2D eigenvalue weighted by Gasteiger charge is 2.13. The summed E-state index contributed by atoms with van der Waals surface area (Å²) in [6, 6.07) is 10.9. The number of nitrogens with zero attached hydrogens (tertiary/aromatic N) is 1. The third-order valence-electron chi connectivity index (χ3n) is 2.56. The molecule has 18 heavy (non-hydrogen) atoms. The lowest BCUT2D eigenvalue weighted by Gasteiger charge is -2.06. The Morgan fingerprint density at radius 1 is 1.17 bits per heavy atom. The zero-order chi connectivity index (χ0) is 12.4. The van der Waals surface area contributed by atoms with Crippen LogP contribution in [0, 0.1) is 0 Å². The molecule has 0 saturated heterocycles. The normalized spacial score (nSPS) is 12.4. The van der Waals surface area contributed by atoms with Crippen LogP contribution in [0.1, 0.15) is 5.69 Å². The predicted octanol–water partition coefficient (Wildman–Crippen LogP) is 1.97. The molecule has 1 aromatic heterocycles. The van der Waals surface area contributed by atoms with Crippen molar-refractivity contribution in [1.82, 2.24) is 4.98 Å². The van der Waals surface area contributed by atoms with Crippen molar-refractivity contribution >= 4 is 5.82 Å². The highest BCUT2D eigenvalue weighted by atomic mass is 16.7. The first kappa shape index (κ1) is 10.7. The number of hydrogen-bond acceptors (Lipinski definition) is 5. The van der Waals surface area contributed by atoms with Gasteiger partial charge in [-0.3, -0.25) is 0 Å². The van der Waals surface area contributed by atoms with Gasteiger partial charge < -0.3 is 19.9 Å². The SMILES string of the molecule is Nc1cccc(COc2ccc3c(c2)OCO3)n1. The number of pyridine rings is 1. The van der Waals surface area contributed by atoms with E-state index >= 15 is 0 Å². The number of aromatic nitrogens is 1. The minimum absolute atomic E-state index is 0.259. The molecular weight excluding hydrogens is 232 g/mol. The first-order chi connectivity index (χ1) is 8.81. The van der Waals surface area contributed by atoms with Crippen LogP contribution in [0.5, 0.6) is 17.2 Å². The maximum Gasteiger partial charge on any atom is 0.231 e. The van der Waals surface area contributed by atoms with Crippen LogP contribution in [-0.4, -0.2) is 11.8 Å². The topological polar surface area (TPSA) is 66.6 Å². The highest BCUT2D eigenvalue weighted by Crippen LogP contribution is 2.35. The summed E-state index contributed by atoms with van der Waals surface area (Å²) in [6.45, 7) is 0.625. The molecule has 5 nitrogen and oxygen atoms in total. The largest absolute Gasteiger partial charge is 0.487 e. The maximum absolute atomic E-state index is 5.62. The molecule has 2 N–H and O–H groups in total. The number of hydrogen-bond donors (Lipinski definition) is 1. The first-order valence-corrected chi connectivity index (χ1v) is 5.55. The molecule has 1 aliphatic rings. The van der Waals surface area contributed by atoms with Crippen molar-refractivity contribution in [2.24, 2.45) is 0 Å². The average Bonchev–Trinajstić information content (AvgIpc) is 2.84. The molecule has 0 atom stereocenters. The Kier molecular flexibility index (Phi) is 2.64. The second kappa shape index (κ2) is 4.44. The molecule has 0 fully saturated rings. The summed E-state index contributed by atoms with van der Waals surface area (Å²) in [7, 11) is 0. The predicted molar refractivity (Wildman–Crippen MR) is 65.5 cm³/mol. The van der Waals surface area contributed by atoms with E-state index in [4.69, 9.17) is 19.9 Å². The molecule has 0 aliphatic carbocycles. The van der Waals surface area contributed by atoms with Crippen molar-refractivity contribution in [3.8, 4) is 17.2 Å². The van der Waals surface area contributed by atoms with Crippen molar-refractivity contribution in [3.63, 3.8) is 0 Å². The Labute approximate surface area is 104 Å². The molecule has 5 heteroatoms. The molecule has 2 aromatic rings. The van der Waals surface area contributed by atoms with Gasteiger partial charge in [0.25, 0.3) is 0 Å². The van der Waals surface area contributed by atoms with Crippen molar-refractivity contribution in [2.75, 3.05) is 12.5 Å². The summed E-state index contributed by atoms with van der Waals surface area (Å²) < 4.78 is 16.1. The molecule has 3 rings (SSSR count). The first-order valence-electron chi connectivity index (χ1n) is 5.55. The Hall–Kier alpha value is -2.43. The van der Waals surface area contributed by atoms with Crippen LogP contribution in [0.15, 0.2) is 36.4 Å². The highest BCUT2D eigenvalue weighted by molar-refractivity contribution is 5.46. The summed E-state index contributed by atoms with van der Waals surface area (Å²) in [5.74, 6) is 2.64. The molecule has 0 bridgehead atoms. The second-order valence-corrected chi connectivity index (χ2v) is 3.86. The molecule has 0 unspecified atom stereocenters. The van der Waals surface area contributed by atoms with Crippen LogP contribution >= 0.6 is 0 Å². The van der Waals surface area contributed by atoms with Crippen LogP contribution in [0.3, 0.4) is 0 Å². The summed E-state index contributed by atoms with van der Waals surface area (Å²) in [4.78, 5) is 4.16. The fourth-order valence-corrected chi connectivity index (χ4v) is 1.70. The van der Waals surface area contributed by atoms with E-state index in [1.54, 1.807) is 12.1 Å². The molecule has 0 saturated carbocycles. The standard InChI is InChI=1S/C13H12N2O3/c14-13-3-1-2-9(15-13)7-16-10-4-5-11-12(6-10)18-8-17-11/h1-6H,7-8H2,(H2,14,15). The lowest BCUT2D eigenvalue weighted by atomic mass is 10.3. The molecule has 1 aromatic carbocycles. The van der Waals surface area contributed by atoms with Crippen molar-refractivity contribution in [1.29, 1.82) is 0 Å². The Morgan fingerprint density at radius 3 is 2.94 bits per heavy atom. The fraction of sp³-hybridized carbons (Fsp3) is 0.154. The number of ether oxygens (including phenoxy) is 3. The number of benzene rings is 1. The zero-order valence-electron chi connectivity index (χ0n) is 9.63. The van der Waals surface area contributed by atoms with Gasteiger partial charge in [-0.1, -0.05) is 6.07 Å². The number of anilines is 1. The quantitative estimate of drug-likeness (QED) is 0.894. The van der Waals surface area contributed by atoms with Crippen LogP contribution < -0.4 is 19.9 Å². The number of fused-ring (bicyclic) bond motifs is 1. The Morgan fingerprint density at radius 2 is 2.06 bits per heavy atom. The van der Waals surface area contributed by atoms with E-state index in [9.17, 15) is 0 Å². The van der Waals surface area contributed by atoms with Crippen molar-refractivity contribution < 1.29 is 14.2 Å². The van der Waals surface area contributed by atoms with Crippen LogP contribution in [-0.2, 0) is 6.61 Å². The van der Waals surface area contributed by atoms with Gasteiger partial charge in [0.1, 0.15) is 18.2 Å². The number of rotatable bonds is 3. The Bertz CT molecular complexity index is 572. The summed E-state index contributed by atoms with van der Waals surface area (Å²) in [5.41, 5.74) is 6.38. The van der Waals surface area contributed by atoms with Crippen LogP contribution in [0.25, 0.3) is 0 Å². The minimum atomic E-state index is 0.259. The summed E-state index contributed by atoms with van der Waals surface area (Å²) in [6.07, 6.45) is 0. The third kappa shape index (κ3) is 2.15. The van der Waals surface area contributed by atoms with Gasteiger partial charge in [0.05, 0.1) is 5.69 Å². The summed E-state index contributed by atoms with van der Waals surface area (Å²) in [5, 5.41) is 0. The zero-order valence-corrected chi connectivity index (χ0v) is 9.63. The van der Waals surface area contributed by atoms with Gasteiger partial charge in [-0.15, -0.1) is 0 Å². The Balaban J connectivity index is 1.70. The van der Waals surface area contributed by atoms with Crippen LogP contribution in [0.4, 0.5) is 5.82 Å². The molecule has 0 radical (unpaired) electrons. The van der Waals surface area contributed by atoms with E-state index in [-0.39, 0.29) is 6.79 Å². The van der Waals surface area contributed by atoms with E-state index in [1.165, 1.54) is 0 Å². The molecule has 92 valence electrons. The maximum atomic E-state index is 5.62. The monoisotopic (exact) mass is 244 g/mol. The van der Waals surface area contributed by atoms with Gasteiger partial charge in [-0.2, -0.15) is 0 Å². The van der Waals surface area contributed by atoms with Gasteiger partial charge in [0.15, 0.2) is 11.5 Å². The second-order valence-electron chi connectivity index (χ2n) is 3.86. The fourth-order valence-electron chi connectivity index (χ4n) is 1.70. The van der Waals surface area contributed by atoms with Gasteiger partial charge >= 0.3 is 0 Å². The van der Waals surface area contributed by atoms with E-state index in [0.717, 1.165) is 11.4 Å². The smallest absolute Gasteiger partial charge is 0.231 e. The van der Waals surface area contributed by atoms with E-state index in [2.05, 4.69) is 4.98 Å². The third-order valence-corrected chi connectivity index (χ3v) is 2.56. The van der Waals surface area contributed by atoms with Gasteiger partial charge in [0.2, 0.25) is 6.79 Å². The average molecular weight is 244 g/mol. The minimum Gasteiger partial charge on any atom is -0.487 e. The van der Waals surface area contributed by atoms with Gasteiger partial charge in [0, 0.05) is 6.07 Å². The van der Waals surface area contributed by atoms with E-state index < -0.39 is 0 Å². The lowest BCUT2D eigenvalue weighted by molar-refractivity contribution is 0.173. The van der Waals surface area contributed by atoms with Gasteiger partial charge in [-0.05, 0) is 24.3 Å². The van der Waals surface area contributed by atoms with Gasteiger partial charge in [-0.25, -0.2) is 4.98 Å². The van der Waals surface area contributed by atoms with Crippen molar-refractivity contribution in [3.05, 3.63) is 42.1 Å². The van der Waals surface area contributed by atoms with Crippen LogP contribution in [0.2, 0.25) is 0 Å². The number of nitrogens with two attached hydrogens (primary N) is 1. The lowest BCUT2D eigenvalue weighted by Crippen LogP contribution is -2.00. The molecule has 2 heterocycles. The molecule has 0 spiro atoms. The molecule has 1 aliphatic heterocycles. The molecular formula is C13H12N2O3. The van der Waals surface area contributed by atoms with E-state index in [1.807, 2.05) is 24.3 Å². The summed E-state index contributed by atoms with van der Waals surface area (Å²) >= 11 is 0. The molecule has 0 amide bonds. The number of nitrogen functional groups attached to an aromatic ring is 1. The van der Waals surface area contributed by atoms with E-state index in [0.29, 0.717) is 23.9 Å².